The van der Waals surface area contributed by atoms with E-state index < -0.39 is 6.04 Å². The highest BCUT2D eigenvalue weighted by Gasteiger charge is 2.29. The summed E-state index contributed by atoms with van der Waals surface area (Å²) in [7, 11) is 0. The molecule has 0 fully saturated rings. The van der Waals surface area contributed by atoms with E-state index >= 15 is 0 Å². The number of carbonyl (C=O) groups excluding carboxylic acids is 2. The fourth-order valence-electron chi connectivity index (χ4n) is 3.45. The second kappa shape index (κ2) is 12.3. The van der Waals surface area contributed by atoms with Gasteiger partial charge in [-0.05, 0) is 76.5 Å². The van der Waals surface area contributed by atoms with Crippen molar-refractivity contribution in [2.45, 2.75) is 78.4 Å². The maximum Gasteiger partial charge on any atom is 0.261 e. The van der Waals surface area contributed by atoms with Gasteiger partial charge in [-0.25, -0.2) is 4.39 Å². The van der Waals surface area contributed by atoms with Gasteiger partial charge in [0.15, 0.2) is 6.61 Å². The maximum absolute atomic E-state index is 13.4. The highest BCUT2D eigenvalue weighted by atomic mass is 79.9. The van der Waals surface area contributed by atoms with Crippen molar-refractivity contribution in [2.24, 2.45) is 0 Å². The quantitative estimate of drug-likeness (QED) is 0.407. The minimum atomic E-state index is -0.665. The Morgan fingerprint density at radius 2 is 1.74 bits per heavy atom. The van der Waals surface area contributed by atoms with Crippen LogP contribution in [0.25, 0.3) is 0 Å². The molecule has 7 heteroatoms. The molecule has 2 amide bonds. The number of amides is 2. The smallest absolute Gasteiger partial charge is 0.261 e. The molecule has 34 heavy (non-hydrogen) atoms. The molecular weight excluding hydrogens is 499 g/mol. The maximum atomic E-state index is 13.4. The van der Waals surface area contributed by atoms with Gasteiger partial charge in [0.05, 0.1) is 4.47 Å². The van der Waals surface area contributed by atoms with E-state index in [2.05, 4.69) is 42.0 Å². The summed E-state index contributed by atoms with van der Waals surface area (Å²) >= 11 is 3.54. The Balaban J connectivity index is 2.24. The van der Waals surface area contributed by atoms with E-state index in [1.54, 1.807) is 12.1 Å². The average Bonchev–Trinajstić information content (AvgIpc) is 2.78. The summed E-state index contributed by atoms with van der Waals surface area (Å²) in [5.41, 5.74) is 1.86. The number of carbonyl (C=O) groups is 2. The molecular formula is C27H36BrFN2O3. The van der Waals surface area contributed by atoms with Crippen LogP contribution in [0.5, 0.6) is 5.75 Å². The zero-order valence-electron chi connectivity index (χ0n) is 21.0. The van der Waals surface area contributed by atoms with Crippen molar-refractivity contribution in [3.63, 3.8) is 0 Å². The van der Waals surface area contributed by atoms with Gasteiger partial charge in [0.1, 0.15) is 17.6 Å². The third-order valence-corrected chi connectivity index (χ3v) is 6.42. The van der Waals surface area contributed by atoms with Gasteiger partial charge in [0.25, 0.3) is 5.91 Å². The number of benzene rings is 2. The van der Waals surface area contributed by atoms with Crippen LogP contribution in [-0.4, -0.2) is 35.4 Å². The molecule has 2 atom stereocenters. The number of nitrogens with zero attached hydrogens (tertiary/aromatic N) is 1. The molecule has 0 aliphatic carbocycles. The molecule has 0 aliphatic heterocycles. The van der Waals surface area contributed by atoms with Crippen molar-refractivity contribution in [3.8, 4) is 5.75 Å². The molecule has 0 saturated heterocycles. The zero-order chi connectivity index (χ0) is 25.5. The van der Waals surface area contributed by atoms with Crippen LogP contribution in [-0.2, 0) is 21.5 Å². The second-order valence-corrected chi connectivity index (χ2v) is 10.4. The molecule has 0 aromatic heterocycles. The van der Waals surface area contributed by atoms with Crippen molar-refractivity contribution >= 4 is 27.7 Å². The number of hydrogen-bond acceptors (Lipinski definition) is 3. The molecule has 0 spiro atoms. The van der Waals surface area contributed by atoms with Gasteiger partial charge < -0.3 is 15.0 Å². The summed E-state index contributed by atoms with van der Waals surface area (Å²) in [6, 6.07) is 11.1. The number of ether oxygens (including phenoxy) is 1. The lowest BCUT2D eigenvalue weighted by molar-refractivity contribution is -0.143. The zero-order valence-corrected chi connectivity index (χ0v) is 22.5. The van der Waals surface area contributed by atoms with E-state index in [4.69, 9.17) is 4.74 Å². The molecule has 0 bridgehead atoms. The van der Waals surface area contributed by atoms with Crippen LogP contribution in [0.1, 0.15) is 65.5 Å². The van der Waals surface area contributed by atoms with Gasteiger partial charge in [0.2, 0.25) is 5.91 Å². The topological polar surface area (TPSA) is 58.6 Å². The molecule has 0 radical (unpaired) electrons. The van der Waals surface area contributed by atoms with E-state index in [0.29, 0.717) is 12.2 Å². The van der Waals surface area contributed by atoms with Crippen LogP contribution in [0.3, 0.4) is 0 Å². The number of rotatable bonds is 10. The van der Waals surface area contributed by atoms with Gasteiger partial charge in [-0.2, -0.15) is 0 Å². The molecule has 2 aromatic carbocycles. The van der Waals surface area contributed by atoms with Gasteiger partial charge >= 0.3 is 0 Å². The summed E-state index contributed by atoms with van der Waals surface area (Å²) in [4.78, 5) is 27.8. The Kier molecular flexibility index (Phi) is 10.1. The Morgan fingerprint density at radius 3 is 2.26 bits per heavy atom. The fraction of sp³-hybridized carbons (Fsp3) is 0.481. The number of halogens is 2. The predicted molar refractivity (Wildman–Crippen MR) is 137 cm³/mol. The van der Waals surface area contributed by atoms with Crippen molar-refractivity contribution < 1.29 is 18.7 Å². The summed E-state index contributed by atoms with van der Waals surface area (Å²) in [6.45, 7) is 12.1. The monoisotopic (exact) mass is 534 g/mol. The SMILES string of the molecule is CCC(C)NC(=O)C(CC)N(Cc1ccc(F)cc1)C(=O)COc1ccc(C(C)(C)C)cc1Br. The second-order valence-electron chi connectivity index (χ2n) is 9.57. The summed E-state index contributed by atoms with van der Waals surface area (Å²) < 4.78 is 20.0. The Morgan fingerprint density at radius 1 is 1.09 bits per heavy atom. The molecule has 0 aliphatic rings. The third-order valence-electron chi connectivity index (χ3n) is 5.80. The standard InChI is InChI=1S/C27H36BrFN2O3/c1-7-18(3)30-26(33)23(8-2)31(16-19-9-12-21(29)13-10-19)25(32)17-34-24-14-11-20(15-22(24)28)27(4,5)6/h9-15,18,23H,7-8,16-17H2,1-6H3,(H,30,33). The molecule has 2 unspecified atom stereocenters. The predicted octanol–water partition coefficient (Wildman–Crippen LogP) is 5.99. The molecule has 186 valence electrons. The average molecular weight is 535 g/mol. The highest BCUT2D eigenvalue weighted by molar-refractivity contribution is 9.10. The first kappa shape index (κ1) is 27.8. The van der Waals surface area contributed by atoms with Crippen molar-refractivity contribution in [1.82, 2.24) is 10.2 Å². The van der Waals surface area contributed by atoms with Crippen LogP contribution in [0.4, 0.5) is 4.39 Å². The molecule has 0 saturated carbocycles. The van der Waals surface area contributed by atoms with Crippen molar-refractivity contribution in [2.75, 3.05) is 6.61 Å². The van der Waals surface area contributed by atoms with E-state index in [1.807, 2.05) is 39.0 Å². The highest BCUT2D eigenvalue weighted by Crippen LogP contribution is 2.31. The third kappa shape index (κ3) is 7.83. The molecule has 0 heterocycles. The van der Waals surface area contributed by atoms with Crippen molar-refractivity contribution in [1.29, 1.82) is 0 Å². The summed E-state index contributed by atoms with van der Waals surface area (Å²) in [5, 5.41) is 2.97. The minimum absolute atomic E-state index is 0.00198. The lowest BCUT2D eigenvalue weighted by Gasteiger charge is -2.31. The lowest BCUT2D eigenvalue weighted by Crippen LogP contribution is -2.51. The van der Waals surface area contributed by atoms with E-state index in [-0.39, 0.29) is 42.2 Å². The van der Waals surface area contributed by atoms with E-state index in [0.717, 1.165) is 22.0 Å². The van der Waals surface area contributed by atoms with Crippen LogP contribution in [0.2, 0.25) is 0 Å². The molecule has 1 N–H and O–H groups in total. The Hall–Kier alpha value is -2.41. The van der Waals surface area contributed by atoms with Crippen LogP contribution < -0.4 is 10.1 Å². The van der Waals surface area contributed by atoms with Gasteiger partial charge in [0, 0.05) is 12.6 Å². The molecule has 5 nitrogen and oxygen atoms in total. The first-order valence-corrected chi connectivity index (χ1v) is 12.5. The Labute approximate surface area is 211 Å². The summed E-state index contributed by atoms with van der Waals surface area (Å²) in [5.74, 6) is -0.319. The molecule has 2 rings (SSSR count). The molecule has 2 aromatic rings. The number of nitrogens with one attached hydrogen (secondary N) is 1. The van der Waals surface area contributed by atoms with Crippen LogP contribution >= 0.6 is 15.9 Å². The first-order chi connectivity index (χ1) is 16.0. The minimum Gasteiger partial charge on any atom is -0.483 e. The lowest BCUT2D eigenvalue weighted by atomic mass is 9.87. The number of hydrogen-bond donors (Lipinski definition) is 1. The Bertz CT molecular complexity index is 973. The van der Waals surface area contributed by atoms with E-state index in [9.17, 15) is 14.0 Å². The van der Waals surface area contributed by atoms with Gasteiger partial charge in [-0.15, -0.1) is 0 Å². The van der Waals surface area contributed by atoms with Gasteiger partial charge in [-0.1, -0.05) is 52.8 Å². The normalized spacial score (nSPS) is 13.2. The largest absolute Gasteiger partial charge is 0.483 e. The van der Waals surface area contributed by atoms with E-state index in [1.165, 1.54) is 17.0 Å². The fourth-order valence-corrected chi connectivity index (χ4v) is 3.95. The van der Waals surface area contributed by atoms with Crippen molar-refractivity contribution in [3.05, 3.63) is 63.9 Å². The summed E-state index contributed by atoms with van der Waals surface area (Å²) in [6.07, 6.45) is 1.23. The first-order valence-electron chi connectivity index (χ1n) is 11.7. The van der Waals surface area contributed by atoms with Gasteiger partial charge in [-0.3, -0.25) is 9.59 Å². The van der Waals surface area contributed by atoms with Crippen LogP contribution in [0.15, 0.2) is 46.9 Å². The van der Waals surface area contributed by atoms with Crippen LogP contribution in [0, 0.1) is 5.82 Å².